The highest BCUT2D eigenvalue weighted by Crippen LogP contribution is 2.42. The number of nitrogens with zero attached hydrogens (tertiary/aromatic N) is 2. The molecule has 0 saturated heterocycles. The smallest absolute Gasteiger partial charge is 0.134 e. The van der Waals surface area contributed by atoms with Crippen molar-refractivity contribution < 1.29 is 0 Å². The van der Waals surface area contributed by atoms with E-state index in [0.29, 0.717) is 11.6 Å². The SMILES string of the molecule is CCC(CC)/C(=C/C(C)=N)c1nc(-c2sc(-c3cccnc3)c(C)c2C)c(C)[nH]1. The fourth-order valence-corrected chi connectivity index (χ4v) is 5.10. The molecule has 3 aromatic rings. The molecule has 29 heavy (non-hydrogen) atoms. The van der Waals surface area contributed by atoms with E-state index in [9.17, 15) is 0 Å². The predicted octanol–water partition coefficient (Wildman–Crippen LogP) is 6.98. The van der Waals surface area contributed by atoms with Crippen LogP contribution >= 0.6 is 11.3 Å². The summed E-state index contributed by atoms with van der Waals surface area (Å²) in [5.41, 5.74) is 7.48. The van der Waals surface area contributed by atoms with Crippen molar-refractivity contribution >= 4 is 22.6 Å². The number of hydrogen-bond acceptors (Lipinski definition) is 4. The van der Waals surface area contributed by atoms with E-state index < -0.39 is 0 Å². The summed E-state index contributed by atoms with van der Waals surface area (Å²) in [4.78, 5) is 15.3. The summed E-state index contributed by atoms with van der Waals surface area (Å²) in [6.45, 7) is 12.7. The molecule has 0 fully saturated rings. The lowest BCUT2D eigenvalue weighted by atomic mass is 9.92. The third-order valence-corrected chi connectivity index (χ3v) is 6.99. The van der Waals surface area contributed by atoms with Gasteiger partial charge in [-0.3, -0.25) is 4.98 Å². The van der Waals surface area contributed by atoms with Gasteiger partial charge in [-0.05, 0) is 75.3 Å². The Morgan fingerprint density at radius 3 is 2.45 bits per heavy atom. The molecule has 4 nitrogen and oxygen atoms in total. The van der Waals surface area contributed by atoms with Crippen LogP contribution in [0.3, 0.4) is 0 Å². The van der Waals surface area contributed by atoms with Crippen LogP contribution in [0.15, 0.2) is 30.6 Å². The lowest BCUT2D eigenvalue weighted by Gasteiger charge is -2.15. The molecular weight excluding hydrogens is 376 g/mol. The minimum atomic E-state index is 0.394. The van der Waals surface area contributed by atoms with Crippen molar-refractivity contribution in [3.05, 3.63) is 53.2 Å². The molecule has 0 saturated carbocycles. The fraction of sp³-hybridized carbons (Fsp3) is 0.375. The molecule has 0 amide bonds. The van der Waals surface area contributed by atoms with Crippen molar-refractivity contribution in [1.29, 1.82) is 5.41 Å². The highest BCUT2D eigenvalue weighted by molar-refractivity contribution is 7.19. The lowest BCUT2D eigenvalue weighted by Crippen LogP contribution is -2.04. The molecule has 0 aliphatic carbocycles. The molecule has 0 bridgehead atoms. The van der Waals surface area contributed by atoms with Crippen LogP contribution < -0.4 is 0 Å². The van der Waals surface area contributed by atoms with E-state index in [0.717, 1.165) is 41.2 Å². The number of allylic oxidation sites excluding steroid dienone is 2. The summed E-state index contributed by atoms with van der Waals surface area (Å²) in [6, 6.07) is 4.09. The number of hydrogen-bond donors (Lipinski definition) is 2. The summed E-state index contributed by atoms with van der Waals surface area (Å²) in [5, 5.41) is 7.98. The maximum absolute atomic E-state index is 7.98. The zero-order chi connectivity index (χ0) is 21.1. The van der Waals surface area contributed by atoms with Crippen molar-refractivity contribution in [2.24, 2.45) is 5.92 Å². The second-order valence-electron chi connectivity index (χ2n) is 7.61. The highest BCUT2D eigenvalue weighted by atomic mass is 32.1. The van der Waals surface area contributed by atoms with Crippen molar-refractivity contribution in [1.82, 2.24) is 15.0 Å². The van der Waals surface area contributed by atoms with E-state index in [-0.39, 0.29) is 0 Å². The second-order valence-corrected chi connectivity index (χ2v) is 8.63. The van der Waals surface area contributed by atoms with Gasteiger partial charge in [0.15, 0.2) is 0 Å². The molecular formula is C24H30N4S. The van der Waals surface area contributed by atoms with Gasteiger partial charge in [0.1, 0.15) is 11.5 Å². The number of imidazole rings is 1. The van der Waals surface area contributed by atoms with Gasteiger partial charge in [0.25, 0.3) is 0 Å². The van der Waals surface area contributed by atoms with Crippen LogP contribution in [0.2, 0.25) is 0 Å². The first kappa shape index (κ1) is 21.2. The first-order valence-corrected chi connectivity index (χ1v) is 11.0. The largest absolute Gasteiger partial charge is 0.342 e. The molecule has 3 aromatic heterocycles. The maximum atomic E-state index is 7.98. The van der Waals surface area contributed by atoms with E-state index in [4.69, 9.17) is 10.4 Å². The Morgan fingerprint density at radius 1 is 1.17 bits per heavy atom. The number of rotatable bonds is 7. The zero-order valence-corrected chi connectivity index (χ0v) is 19.0. The van der Waals surface area contributed by atoms with Crippen molar-refractivity contribution in [3.8, 4) is 21.0 Å². The molecule has 0 unspecified atom stereocenters. The van der Waals surface area contributed by atoms with Gasteiger partial charge >= 0.3 is 0 Å². The van der Waals surface area contributed by atoms with Gasteiger partial charge in [-0.25, -0.2) is 4.98 Å². The Kier molecular flexibility index (Phi) is 6.48. The van der Waals surface area contributed by atoms with Gasteiger partial charge in [-0.1, -0.05) is 19.9 Å². The molecule has 0 aromatic carbocycles. The highest BCUT2D eigenvalue weighted by Gasteiger charge is 2.22. The van der Waals surface area contributed by atoms with Gasteiger partial charge < -0.3 is 10.4 Å². The quantitative estimate of drug-likeness (QED) is 0.415. The fourth-order valence-electron chi connectivity index (χ4n) is 3.75. The van der Waals surface area contributed by atoms with E-state index >= 15 is 0 Å². The Bertz CT molecular complexity index is 1040. The third kappa shape index (κ3) is 4.25. The summed E-state index contributed by atoms with van der Waals surface area (Å²) >= 11 is 1.78. The maximum Gasteiger partial charge on any atom is 0.134 e. The second kappa shape index (κ2) is 8.87. The van der Waals surface area contributed by atoms with Gasteiger partial charge in [0.2, 0.25) is 0 Å². The summed E-state index contributed by atoms with van der Waals surface area (Å²) in [6.07, 6.45) is 7.76. The number of H-pyrrole nitrogens is 1. The minimum Gasteiger partial charge on any atom is -0.342 e. The Balaban J connectivity index is 2.11. The van der Waals surface area contributed by atoms with Crippen LogP contribution in [0.1, 0.15) is 56.3 Å². The molecule has 0 atom stereocenters. The summed E-state index contributed by atoms with van der Waals surface area (Å²) < 4.78 is 0. The van der Waals surface area contributed by atoms with E-state index in [2.05, 4.69) is 50.7 Å². The standard InChI is InChI=1S/C24H30N4S/c1-7-18(8-2)20(12-14(3)25)24-27-17(6)21(28-24)23-16(5)15(4)22(29-23)19-10-9-11-26-13-19/h9-13,18,25H,7-8H2,1-6H3,(H,27,28)/b20-12-,25-14?. The van der Waals surface area contributed by atoms with Crippen LogP contribution in [-0.4, -0.2) is 20.7 Å². The number of thiophene rings is 1. The average molecular weight is 407 g/mol. The van der Waals surface area contributed by atoms with E-state index in [1.165, 1.54) is 20.9 Å². The molecule has 5 heteroatoms. The third-order valence-electron chi connectivity index (χ3n) is 5.54. The monoisotopic (exact) mass is 406 g/mol. The number of aryl methyl sites for hydroxylation is 1. The molecule has 0 spiro atoms. The Labute approximate surface area is 177 Å². The van der Waals surface area contributed by atoms with Gasteiger partial charge in [0, 0.05) is 34.2 Å². The Morgan fingerprint density at radius 2 is 1.86 bits per heavy atom. The number of aromatic amines is 1. The number of nitrogens with one attached hydrogen (secondary N) is 2. The van der Waals surface area contributed by atoms with E-state index in [1.807, 2.05) is 25.3 Å². The van der Waals surface area contributed by atoms with Crippen molar-refractivity contribution in [2.45, 2.75) is 54.4 Å². The molecule has 0 aliphatic heterocycles. The van der Waals surface area contributed by atoms with Crippen molar-refractivity contribution in [2.75, 3.05) is 0 Å². The topological polar surface area (TPSA) is 65.4 Å². The van der Waals surface area contributed by atoms with Crippen molar-refractivity contribution in [3.63, 3.8) is 0 Å². The van der Waals surface area contributed by atoms with Gasteiger partial charge in [-0.2, -0.15) is 0 Å². The molecule has 3 rings (SSSR count). The lowest BCUT2D eigenvalue weighted by molar-refractivity contribution is 0.620. The average Bonchev–Trinajstić information content (AvgIpc) is 3.22. The molecule has 2 N–H and O–H groups in total. The van der Waals surface area contributed by atoms with Gasteiger partial charge in [0.05, 0.1) is 4.88 Å². The van der Waals surface area contributed by atoms with Crippen LogP contribution in [0.4, 0.5) is 0 Å². The molecule has 152 valence electrons. The van der Waals surface area contributed by atoms with Gasteiger partial charge in [-0.15, -0.1) is 11.3 Å². The number of pyridine rings is 1. The van der Waals surface area contributed by atoms with Crippen LogP contribution in [-0.2, 0) is 0 Å². The molecule has 3 heterocycles. The van der Waals surface area contributed by atoms with Crippen LogP contribution in [0.25, 0.3) is 26.6 Å². The normalized spacial score (nSPS) is 12.0. The first-order valence-electron chi connectivity index (χ1n) is 10.2. The van der Waals surface area contributed by atoms with E-state index in [1.54, 1.807) is 17.5 Å². The Hall–Kier alpha value is -2.53. The summed E-state index contributed by atoms with van der Waals surface area (Å²) in [5.74, 6) is 1.29. The predicted molar refractivity (Wildman–Crippen MR) is 125 cm³/mol. The minimum absolute atomic E-state index is 0.394. The molecule has 0 radical (unpaired) electrons. The first-order chi connectivity index (χ1) is 13.9. The molecule has 0 aliphatic rings. The summed E-state index contributed by atoms with van der Waals surface area (Å²) in [7, 11) is 0. The van der Waals surface area contributed by atoms with Crippen LogP contribution in [0, 0.1) is 32.1 Å². The zero-order valence-electron chi connectivity index (χ0n) is 18.2. The number of aromatic nitrogens is 3. The van der Waals surface area contributed by atoms with Crippen LogP contribution in [0.5, 0.6) is 0 Å².